The third kappa shape index (κ3) is 4.89. The summed E-state index contributed by atoms with van der Waals surface area (Å²) in [5.74, 6) is 2.05. The van der Waals surface area contributed by atoms with Gasteiger partial charge in [0, 0.05) is 39.1 Å². The molecule has 2 saturated heterocycles. The Kier molecular flexibility index (Phi) is 6.09. The van der Waals surface area contributed by atoms with Gasteiger partial charge in [-0.25, -0.2) is 4.79 Å². The van der Waals surface area contributed by atoms with E-state index in [1.165, 1.54) is 0 Å². The van der Waals surface area contributed by atoms with Crippen LogP contribution in [0.25, 0.3) is 0 Å². The van der Waals surface area contributed by atoms with Gasteiger partial charge in [0.05, 0.1) is 0 Å². The molecule has 2 heterocycles. The largest absolute Gasteiger partial charge is 0.342 e. The maximum absolute atomic E-state index is 12.1. The van der Waals surface area contributed by atoms with Crippen molar-refractivity contribution in [3.05, 3.63) is 0 Å². The average molecular weight is 309 g/mol. The summed E-state index contributed by atoms with van der Waals surface area (Å²) in [5.41, 5.74) is 0. The molecule has 2 aliphatic heterocycles. The number of carbonyl (C=O) groups is 2. The third-order valence-corrected chi connectivity index (χ3v) is 4.84. The van der Waals surface area contributed by atoms with E-state index in [9.17, 15) is 9.59 Å². The lowest BCUT2D eigenvalue weighted by Crippen LogP contribution is -2.30. The van der Waals surface area contributed by atoms with Crippen LogP contribution in [0.15, 0.2) is 0 Å². The van der Waals surface area contributed by atoms with Crippen molar-refractivity contribution in [1.29, 1.82) is 0 Å². The fraction of sp³-hybridized carbons (Fsp3) is 0.882. The molecule has 0 aromatic heterocycles. The summed E-state index contributed by atoms with van der Waals surface area (Å²) in [6.07, 6.45) is 3.94. The van der Waals surface area contributed by atoms with E-state index in [1.54, 1.807) is 0 Å². The Bertz CT molecular complexity index is 397. The van der Waals surface area contributed by atoms with E-state index < -0.39 is 0 Å². The molecule has 0 radical (unpaired) electrons. The Balaban J connectivity index is 1.67. The van der Waals surface area contributed by atoms with Crippen molar-refractivity contribution in [1.82, 2.24) is 15.1 Å². The Morgan fingerprint density at radius 1 is 1.14 bits per heavy atom. The number of nitrogens with zero attached hydrogens (tertiary/aromatic N) is 2. The molecule has 0 saturated carbocycles. The van der Waals surface area contributed by atoms with Crippen LogP contribution < -0.4 is 5.32 Å². The van der Waals surface area contributed by atoms with E-state index in [0.717, 1.165) is 52.0 Å². The van der Waals surface area contributed by atoms with Gasteiger partial charge in [0.2, 0.25) is 5.91 Å². The maximum atomic E-state index is 12.1. The number of carbonyl (C=O) groups excluding carboxylic acids is 2. The van der Waals surface area contributed by atoms with Gasteiger partial charge in [-0.15, -0.1) is 0 Å². The van der Waals surface area contributed by atoms with Crippen molar-refractivity contribution < 1.29 is 9.59 Å². The first-order valence-electron chi connectivity index (χ1n) is 8.76. The van der Waals surface area contributed by atoms with Crippen molar-refractivity contribution in [2.24, 2.45) is 17.8 Å². The van der Waals surface area contributed by atoms with E-state index in [-0.39, 0.29) is 6.03 Å². The molecule has 0 bridgehead atoms. The fourth-order valence-electron chi connectivity index (χ4n) is 3.43. The Morgan fingerprint density at radius 3 is 2.50 bits per heavy atom. The molecule has 2 unspecified atom stereocenters. The van der Waals surface area contributed by atoms with E-state index in [1.807, 2.05) is 9.80 Å². The summed E-state index contributed by atoms with van der Waals surface area (Å²) in [6.45, 7) is 10.9. The minimum atomic E-state index is 0.0723. The van der Waals surface area contributed by atoms with Crippen LogP contribution in [0.3, 0.4) is 0 Å². The molecule has 5 nitrogen and oxygen atoms in total. The summed E-state index contributed by atoms with van der Waals surface area (Å²) in [4.78, 5) is 27.5. The van der Waals surface area contributed by atoms with Crippen LogP contribution >= 0.6 is 0 Å². The van der Waals surface area contributed by atoms with Gasteiger partial charge in [-0.1, -0.05) is 20.8 Å². The van der Waals surface area contributed by atoms with Crippen LogP contribution in [0, 0.1) is 17.8 Å². The number of amides is 3. The number of likely N-dealkylation sites (tertiary alicyclic amines) is 1. The molecule has 5 heteroatoms. The lowest BCUT2D eigenvalue weighted by molar-refractivity contribution is -0.127. The van der Waals surface area contributed by atoms with Gasteiger partial charge < -0.3 is 15.1 Å². The van der Waals surface area contributed by atoms with E-state index >= 15 is 0 Å². The van der Waals surface area contributed by atoms with Gasteiger partial charge in [0.25, 0.3) is 0 Å². The number of hydrogen-bond acceptors (Lipinski definition) is 2. The molecule has 3 amide bonds. The van der Waals surface area contributed by atoms with Gasteiger partial charge in [-0.2, -0.15) is 0 Å². The number of hydrogen-bond donors (Lipinski definition) is 1. The van der Waals surface area contributed by atoms with Crippen molar-refractivity contribution >= 4 is 11.9 Å². The van der Waals surface area contributed by atoms with Crippen molar-refractivity contribution in [3.63, 3.8) is 0 Å². The molecule has 2 rings (SSSR count). The summed E-state index contributed by atoms with van der Waals surface area (Å²) in [5, 5.41) is 2.84. The van der Waals surface area contributed by atoms with Gasteiger partial charge in [-0.3, -0.25) is 4.79 Å². The highest BCUT2D eigenvalue weighted by atomic mass is 16.2. The lowest BCUT2D eigenvalue weighted by Gasteiger charge is -2.21. The van der Waals surface area contributed by atoms with Crippen LogP contribution in [-0.2, 0) is 4.79 Å². The zero-order chi connectivity index (χ0) is 16.1. The molecule has 0 aromatic rings. The second kappa shape index (κ2) is 7.84. The first-order valence-corrected chi connectivity index (χ1v) is 8.76. The molecule has 1 N–H and O–H groups in total. The van der Waals surface area contributed by atoms with Gasteiger partial charge in [-0.05, 0) is 37.0 Å². The smallest absolute Gasteiger partial charge is 0.317 e. The normalized spacial score (nSPS) is 23.5. The molecule has 0 aliphatic carbocycles. The number of rotatable bonds is 8. The fourth-order valence-corrected chi connectivity index (χ4v) is 3.43. The monoisotopic (exact) mass is 309 g/mol. The quantitative estimate of drug-likeness (QED) is 0.748. The van der Waals surface area contributed by atoms with Crippen LogP contribution in [0.5, 0.6) is 0 Å². The van der Waals surface area contributed by atoms with E-state index in [0.29, 0.717) is 30.1 Å². The molecule has 2 aliphatic rings. The second-order valence-corrected chi connectivity index (χ2v) is 7.44. The Hall–Kier alpha value is -1.26. The first kappa shape index (κ1) is 17.1. The topological polar surface area (TPSA) is 52.6 Å². The molecule has 22 heavy (non-hydrogen) atoms. The highest BCUT2D eigenvalue weighted by Gasteiger charge is 2.30. The van der Waals surface area contributed by atoms with Gasteiger partial charge in [0.1, 0.15) is 0 Å². The molecule has 2 fully saturated rings. The molecular formula is C17H31N3O2. The zero-order valence-electron chi connectivity index (χ0n) is 14.3. The minimum absolute atomic E-state index is 0.0723. The van der Waals surface area contributed by atoms with Crippen LogP contribution in [0.2, 0.25) is 0 Å². The molecule has 126 valence electrons. The summed E-state index contributed by atoms with van der Waals surface area (Å²) in [6, 6.07) is 0.0723. The predicted molar refractivity (Wildman–Crippen MR) is 87.5 cm³/mol. The Labute approximate surface area is 134 Å². The highest BCUT2D eigenvalue weighted by Crippen LogP contribution is 2.26. The van der Waals surface area contributed by atoms with E-state index in [4.69, 9.17) is 0 Å². The average Bonchev–Trinajstić information content (AvgIpc) is 3.00. The third-order valence-electron chi connectivity index (χ3n) is 4.84. The second-order valence-electron chi connectivity index (χ2n) is 7.44. The zero-order valence-corrected chi connectivity index (χ0v) is 14.3. The summed E-state index contributed by atoms with van der Waals surface area (Å²) >= 11 is 0. The van der Waals surface area contributed by atoms with Crippen LogP contribution in [0.1, 0.15) is 46.5 Å². The molecule has 0 spiro atoms. The van der Waals surface area contributed by atoms with Crippen LogP contribution in [-0.4, -0.2) is 54.5 Å². The Morgan fingerprint density at radius 2 is 1.86 bits per heavy atom. The molecule has 2 atom stereocenters. The summed E-state index contributed by atoms with van der Waals surface area (Å²) in [7, 11) is 0. The minimum Gasteiger partial charge on any atom is -0.342 e. The predicted octanol–water partition coefficient (Wildman–Crippen LogP) is 2.32. The van der Waals surface area contributed by atoms with Gasteiger partial charge >= 0.3 is 6.03 Å². The standard InChI is InChI=1S/C17H31N3O2/c1-13(2)4-7-20-12-15(11-16(20)21)10-14(3)5-8-19-9-6-18-17(19)22/h13-15H,4-12H2,1-3H3,(H,18,22). The highest BCUT2D eigenvalue weighted by molar-refractivity contribution is 5.78. The van der Waals surface area contributed by atoms with Crippen LogP contribution in [0.4, 0.5) is 4.79 Å². The van der Waals surface area contributed by atoms with Gasteiger partial charge in [0.15, 0.2) is 0 Å². The van der Waals surface area contributed by atoms with Crippen molar-refractivity contribution in [3.8, 4) is 0 Å². The lowest BCUT2D eigenvalue weighted by atomic mass is 9.92. The molecular weight excluding hydrogens is 278 g/mol. The van der Waals surface area contributed by atoms with Crippen molar-refractivity contribution in [2.75, 3.05) is 32.7 Å². The number of nitrogens with one attached hydrogen (secondary N) is 1. The van der Waals surface area contributed by atoms with E-state index in [2.05, 4.69) is 26.1 Å². The summed E-state index contributed by atoms with van der Waals surface area (Å²) < 4.78 is 0. The first-order chi connectivity index (χ1) is 10.5. The van der Waals surface area contributed by atoms with Crippen molar-refractivity contribution in [2.45, 2.75) is 46.5 Å². The number of urea groups is 1. The molecule has 0 aromatic carbocycles. The SMILES string of the molecule is CC(C)CCN1CC(CC(C)CCN2CCNC2=O)CC1=O. The maximum Gasteiger partial charge on any atom is 0.317 e.